The number of carbonyl (C=O) groups is 1. The van der Waals surface area contributed by atoms with Crippen LogP contribution in [-0.2, 0) is 19.6 Å². The molecule has 30 heavy (non-hydrogen) atoms. The topological polar surface area (TPSA) is 105 Å². The highest BCUT2D eigenvalue weighted by atomic mass is 32.2. The van der Waals surface area contributed by atoms with Gasteiger partial charge in [-0.1, -0.05) is 18.2 Å². The molecule has 1 aliphatic heterocycles. The number of sulfonamides is 1. The number of morpholine rings is 1. The van der Waals surface area contributed by atoms with Gasteiger partial charge < -0.3 is 14.5 Å². The first-order chi connectivity index (χ1) is 14.3. The number of rotatable bonds is 5. The van der Waals surface area contributed by atoms with Gasteiger partial charge in [-0.2, -0.15) is 4.37 Å². The van der Waals surface area contributed by atoms with E-state index in [0.29, 0.717) is 19.7 Å². The molecule has 1 amide bonds. The highest BCUT2D eigenvalue weighted by Crippen LogP contribution is 2.30. The van der Waals surface area contributed by atoms with Crippen LogP contribution in [0, 0.1) is 0 Å². The highest BCUT2D eigenvalue weighted by Gasteiger charge is 2.28. The minimum absolute atomic E-state index is 0.0731. The Morgan fingerprint density at radius 3 is 2.87 bits per heavy atom. The maximum Gasteiger partial charge on any atom is 0.263 e. The van der Waals surface area contributed by atoms with E-state index in [1.54, 1.807) is 32.3 Å². The van der Waals surface area contributed by atoms with Crippen LogP contribution in [0.1, 0.15) is 0 Å². The second-order valence-corrected chi connectivity index (χ2v) is 9.51. The van der Waals surface area contributed by atoms with E-state index < -0.39 is 16.1 Å². The van der Waals surface area contributed by atoms with Crippen LogP contribution < -0.4 is 9.62 Å². The second-order valence-electron chi connectivity index (χ2n) is 7.05. The van der Waals surface area contributed by atoms with E-state index in [1.165, 1.54) is 11.2 Å². The van der Waals surface area contributed by atoms with Crippen molar-refractivity contribution < 1.29 is 17.9 Å². The number of ether oxygens (including phenoxy) is 1. The Bertz CT molecular complexity index is 1160. The lowest BCUT2D eigenvalue weighted by Gasteiger charge is -2.35. The van der Waals surface area contributed by atoms with Gasteiger partial charge >= 0.3 is 0 Å². The molecule has 1 fully saturated rings. The predicted octanol–water partition coefficient (Wildman–Crippen LogP) is 1.79. The number of aromatic nitrogens is 2. The zero-order chi connectivity index (χ0) is 21.3. The van der Waals surface area contributed by atoms with E-state index in [-0.39, 0.29) is 15.9 Å². The highest BCUT2D eigenvalue weighted by molar-refractivity contribution is 7.93. The van der Waals surface area contributed by atoms with Gasteiger partial charge in [-0.05, 0) is 23.6 Å². The zero-order valence-corrected chi connectivity index (χ0v) is 18.1. The van der Waals surface area contributed by atoms with Gasteiger partial charge in [-0.25, -0.2) is 13.4 Å². The van der Waals surface area contributed by atoms with Crippen molar-refractivity contribution in [3.8, 4) is 0 Å². The summed E-state index contributed by atoms with van der Waals surface area (Å²) in [7, 11) is -0.350. The Balaban J connectivity index is 1.64. The van der Waals surface area contributed by atoms with Crippen LogP contribution in [-0.4, -0.2) is 68.5 Å². The van der Waals surface area contributed by atoms with Gasteiger partial charge in [-0.3, -0.25) is 9.52 Å². The molecule has 4 rings (SSSR count). The number of hydrogen-bond acceptors (Lipinski definition) is 8. The van der Waals surface area contributed by atoms with Crippen molar-refractivity contribution in [1.82, 2.24) is 14.3 Å². The lowest BCUT2D eigenvalue weighted by atomic mass is 10.1. The monoisotopic (exact) mass is 447 g/mol. The van der Waals surface area contributed by atoms with Crippen LogP contribution in [0.4, 0.5) is 10.8 Å². The number of likely N-dealkylation sites (N-methyl/N-ethyl adjacent to an activating group) is 1. The Hall–Kier alpha value is -2.76. The predicted molar refractivity (Wildman–Crippen MR) is 115 cm³/mol. The molecule has 1 N–H and O–H groups in total. The summed E-state index contributed by atoms with van der Waals surface area (Å²) in [4.78, 5) is 20.0. The van der Waals surface area contributed by atoms with Gasteiger partial charge in [0.1, 0.15) is 6.33 Å². The van der Waals surface area contributed by atoms with Gasteiger partial charge in [-0.15, -0.1) is 0 Å². The molecule has 1 unspecified atom stereocenters. The smallest absolute Gasteiger partial charge is 0.263 e. The van der Waals surface area contributed by atoms with Crippen LogP contribution in [0.25, 0.3) is 10.8 Å². The summed E-state index contributed by atoms with van der Waals surface area (Å²) in [5.41, 5.74) is 0.938. The number of nitrogens with zero attached hydrogens (tertiary/aromatic N) is 4. The number of benzene rings is 2. The quantitative estimate of drug-likeness (QED) is 0.636. The zero-order valence-electron chi connectivity index (χ0n) is 16.5. The molecule has 0 saturated carbocycles. The number of anilines is 2. The molecule has 0 spiro atoms. The lowest BCUT2D eigenvalue weighted by molar-refractivity contribution is -0.141. The van der Waals surface area contributed by atoms with Crippen molar-refractivity contribution in [2.24, 2.45) is 0 Å². The summed E-state index contributed by atoms with van der Waals surface area (Å²) >= 11 is 0.973. The molecule has 158 valence electrons. The number of fused-ring (bicyclic) bond motifs is 1. The van der Waals surface area contributed by atoms with E-state index >= 15 is 0 Å². The standard InChI is InChI=1S/C19H21N5O4S2/c1-23(2)18(25)17-11-24(8-9-28-17)16-5-3-4-13-10-14(6-7-15(13)16)30(26,27)22-19-20-12-21-29-19/h3-7,10,12,17H,8-9,11H2,1-2H3,(H,20,21,22). The molecule has 1 atom stereocenters. The van der Waals surface area contributed by atoms with Crippen LogP contribution in [0.5, 0.6) is 0 Å². The van der Waals surface area contributed by atoms with Crippen LogP contribution in [0.2, 0.25) is 0 Å². The summed E-state index contributed by atoms with van der Waals surface area (Å²) in [6.45, 7) is 1.53. The van der Waals surface area contributed by atoms with Crippen LogP contribution >= 0.6 is 11.5 Å². The minimum Gasteiger partial charge on any atom is -0.366 e. The first-order valence-corrected chi connectivity index (χ1v) is 11.5. The summed E-state index contributed by atoms with van der Waals surface area (Å²) in [6, 6.07) is 10.7. The van der Waals surface area contributed by atoms with Crippen molar-refractivity contribution in [1.29, 1.82) is 0 Å². The minimum atomic E-state index is -3.77. The third-order valence-corrected chi connectivity index (χ3v) is 6.89. The first-order valence-electron chi connectivity index (χ1n) is 9.25. The number of nitrogens with one attached hydrogen (secondary N) is 1. The van der Waals surface area contributed by atoms with Gasteiger partial charge in [0.15, 0.2) is 6.10 Å². The lowest BCUT2D eigenvalue weighted by Crippen LogP contribution is -2.49. The van der Waals surface area contributed by atoms with E-state index in [1.807, 2.05) is 18.2 Å². The summed E-state index contributed by atoms with van der Waals surface area (Å²) in [5.74, 6) is -0.0731. The normalized spacial score (nSPS) is 17.1. The van der Waals surface area contributed by atoms with Crippen molar-refractivity contribution in [2.75, 3.05) is 43.4 Å². The molecular weight excluding hydrogens is 426 g/mol. The van der Waals surface area contributed by atoms with Crippen molar-refractivity contribution in [2.45, 2.75) is 11.0 Å². The molecule has 2 aromatic carbocycles. The summed E-state index contributed by atoms with van der Waals surface area (Å²) in [6.07, 6.45) is 0.769. The van der Waals surface area contributed by atoms with E-state index in [2.05, 4.69) is 19.0 Å². The number of amides is 1. The van der Waals surface area contributed by atoms with E-state index in [9.17, 15) is 13.2 Å². The summed E-state index contributed by atoms with van der Waals surface area (Å²) < 4.78 is 37.2. The molecular formula is C19H21N5O4S2. The third-order valence-electron chi connectivity index (χ3n) is 4.85. The SMILES string of the molecule is CN(C)C(=O)C1CN(c2cccc3cc(S(=O)(=O)Nc4ncns4)ccc23)CCO1. The van der Waals surface area contributed by atoms with Gasteiger partial charge in [0.25, 0.3) is 15.9 Å². The van der Waals surface area contributed by atoms with Crippen molar-refractivity contribution in [3.63, 3.8) is 0 Å². The van der Waals surface area contributed by atoms with Gasteiger partial charge in [0.2, 0.25) is 5.13 Å². The van der Waals surface area contributed by atoms with Crippen LogP contribution in [0.15, 0.2) is 47.6 Å². The molecule has 0 bridgehead atoms. The molecule has 9 nitrogen and oxygen atoms in total. The van der Waals surface area contributed by atoms with Crippen molar-refractivity contribution >= 4 is 49.1 Å². The fourth-order valence-electron chi connectivity index (χ4n) is 3.38. The maximum atomic E-state index is 12.7. The first kappa shape index (κ1) is 20.5. The summed E-state index contributed by atoms with van der Waals surface area (Å²) in [5, 5.41) is 1.91. The second kappa shape index (κ2) is 8.17. The average Bonchev–Trinajstić information content (AvgIpc) is 3.24. The Kier molecular flexibility index (Phi) is 5.58. The third kappa shape index (κ3) is 4.09. The molecule has 1 aromatic heterocycles. The Morgan fingerprint density at radius 1 is 1.30 bits per heavy atom. The molecule has 11 heteroatoms. The molecule has 2 heterocycles. The fourth-order valence-corrected chi connectivity index (χ4v) is 5.08. The largest absolute Gasteiger partial charge is 0.366 e. The van der Waals surface area contributed by atoms with Gasteiger partial charge in [0.05, 0.1) is 18.0 Å². The van der Waals surface area contributed by atoms with E-state index in [4.69, 9.17) is 4.74 Å². The number of carbonyl (C=O) groups excluding carboxylic acids is 1. The molecule has 3 aromatic rings. The molecule has 1 aliphatic rings. The molecule has 0 aliphatic carbocycles. The Morgan fingerprint density at radius 2 is 2.13 bits per heavy atom. The van der Waals surface area contributed by atoms with Crippen LogP contribution in [0.3, 0.4) is 0 Å². The molecule has 1 saturated heterocycles. The Labute approximate surface area is 178 Å². The number of hydrogen-bond donors (Lipinski definition) is 1. The average molecular weight is 448 g/mol. The van der Waals surface area contributed by atoms with Crippen molar-refractivity contribution in [3.05, 3.63) is 42.7 Å². The van der Waals surface area contributed by atoms with Gasteiger partial charge in [0, 0.05) is 43.2 Å². The maximum absolute atomic E-state index is 12.7. The fraction of sp³-hybridized carbons (Fsp3) is 0.316. The molecule has 0 radical (unpaired) electrons. The van der Waals surface area contributed by atoms with E-state index in [0.717, 1.165) is 28.0 Å².